The van der Waals surface area contributed by atoms with Crippen LogP contribution in [0.5, 0.6) is 0 Å². The van der Waals surface area contributed by atoms with Gasteiger partial charge in [-0.25, -0.2) is 13.1 Å². The first-order valence-corrected chi connectivity index (χ1v) is 8.00. The number of unbranched alkanes of at least 4 members (excludes halogenated alkanes) is 2. The highest BCUT2D eigenvalue weighted by molar-refractivity contribution is 7.89. The lowest BCUT2D eigenvalue weighted by molar-refractivity contribution is 0.574. The first-order valence-electron chi connectivity index (χ1n) is 6.35. The second-order valence-electron chi connectivity index (χ2n) is 4.30. The van der Waals surface area contributed by atoms with E-state index in [0.29, 0.717) is 19.5 Å². The average molecular weight is 270 g/mol. The van der Waals surface area contributed by atoms with Gasteiger partial charge in [0.1, 0.15) is 0 Å². The van der Waals surface area contributed by atoms with Gasteiger partial charge in [-0.05, 0) is 31.4 Å². The van der Waals surface area contributed by atoms with Crippen molar-refractivity contribution in [3.05, 3.63) is 35.9 Å². The van der Waals surface area contributed by atoms with E-state index in [-0.39, 0.29) is 5.75 Å². The van der Waals surface area contributed by atoms with Gasteiger partial charge in [-0.1, -0.05) is 36.8 Å². The Kier molecular flexibility index (Phi) is 6.93. The van der Waals surface area contributed by atoms with Crippen molar-refractivity contribution in [3.63, 3.8) is 0 Å². The topological polar surface area (TPSA) is 72.2 Å². The summed E-state index contributed by atoms with van der Waals surface area (Å²) in [6.07, 6.45) is 3.32. The lowest BCUT2D eigenvalue weighted by atomic mass is 10.2. The summed E-state index contributed by atoms with van der Waals surface area (Å²) in [6.45, 7) is 1.18. The Morgan fingerprint density at radius 1 is 1.06 bits per heavy atom. The zero-order valence-corrected chi connectivity index (χ0v) is 11.5. The molecule has 0 heterocycles. The van der Waals surface area contributed by atoms with Crippen LogP contribution in [0.2, 0.25) is 0 Å². The molecule has 1 aromatic carbocycles. The zero-order valence-electron chi connectivity index (χ0n) is 10.6. The molecule has 0 radical (unpaired) electrons. The maximum absolute atomic E-state index is 11.7. The van der Waals surface area contributed by atoms with Crippen LogP contribution in [0, 0.1) is 0 Å². The Hall–Kier alpha value is -0.910. The molecule has 1 aromatic rings. The van der Waals surface area contributed by atoms with Crippen molar-refractivity contribution in [2.24, 2.45) is 5.73 Å². The van der Waals surface area contributed by atoms with E-state index in [1.54, 1.807) is 0 Å². The molecule has 0 spiro atoms. The monoisotopic (exact) mass is 270 g/mol. The van der Waals surface area contributed by atoms with E-state index in [1.165, 1.54) is 0 Å². The second-order valence-corrected chi connectivity index (χ2v) is 6.22. The molecule has 5 heteroatoms. The molecule has 4 nitrogen and oxygen atoms in total. The number of sulfonamides is 1. The van der Waals surface area contributed by atoms with E-state index in [9.17, 15) is 8.42 Å². The Labute approximate surface area is 110 Å². The molecule has 0 aliphatic heterocycles. The third-order valence-corrected chi connectivity index (χ3v) is 4.09. The molecule has 1 rings (SSSR count). The van der Waals surface area contributed by atoms with Gasteiger partial charge in [-0.2, -0.15) is 0 Å². The van der Waals surface area contributed by atoms with Crippen molar-refractivity contribution in [1.82, 2.24) is 4.72 Å². The molecule has 0 saturated heterocycles. The van der Waals surface area contributed by atoms with Crippen LogP contribution < -0.4 is 10.5 Å². The first-order chi connectivity index (χ1) is 8.64. The predicted octanol–water partition coefficient (Wildman–Crippen LogP) is 1.28. The fourth-order valence-electron chi connectivity index (χ4n) is 1.64. The lowest BCUT2D eigenvalue weighted by Gasteiger charge is -2.06. The molecule has 0 unspecified atom stereocenters. The fraction of sp³-hybridized carbons (Fsp3) is 0.538. The molecule has 0 fully saturated rings. The molecule has 0 amide bonds. The molecule has 0 aliphatic carbocycles. The largest absolute Gasteiger partial charge is 0.330 e. The number of hydrogen-bond acceptors (Lipinski definition) is 3. The van der Waals surface area contributed by atoms with Gasteiger partial charge in [0, 0.05) is 6.54 Å². The third kappa shape index (κ3) is 6.74. The third-order valence-electron chi connectivity index (χ3n) is 2.71. The maximum atomic E-state index is 11.7. The minimum Gasteiger partial charge on any atom is -0.330 e. The maximum Gasteiger partial charge on any atom is 0.211 e. The van der Waals surface area contributed by atoms with Crippen molar-refractivity contribution in [3.8, 4) is 0 Å². The average Bonchev–Trinajstić information content (AvgIpc) is 2.38. The van der Waals surface area contributed by atoms with Crippen LogP contribution in [0.1, 0.15) is 24.8 Å². The van der Waals surface area contributed by atoms with Crippen molar-refractivity contribution in [2.45, 2.75) is 25.7 Å². The molecule has 0 saturated carbocycles. The van der Waals surface area contributed by atoms with Crippen LogP contribution in [-0.4, -0.2) is 27.3 Å². The summed E-state index contributed by atoms with van der Waals surface area (Å²) in [4.78, 5) is 0. The summed E-state index contributed by atoms with van der Waals surface area (Å²) in [6, 6.07) is 9.64. The van der Waals surface area contributed by atoms with Gasteiger partial charge in [-0.15, -0.1) is 0 Å². The number of nitrogens with two attached hydrogens (primary N) is 1. The second kappa shape index (κ2) is 8.24. The summed E-state index contributed by atoms with van der Waals surface area (Å²) in [5.74, 6) is 0.147. The van der Waals surface area contributed by atoms with Gasteiger partial charge < -0.3 is 5.73 Å². The molecule has 0 atom stereocenters. The number of hydrogen-bond donors (Lipinski definition) is 2. The number of rotatable bonds is 9. The van der Waals surface area contributed by atoms with Gasteiger partial charge in [0.05, 0.1) is 5.75 Å². The Balaban J connectivity index is 2.23. The normalized spacial score (nSPS) is 11.6. The molecule has 0 aliphatic rings. The Morgan fingerprint density at radius 3 is 2.44 bits per heavy atom. The van der Waals surface area contributed by atoms with Crippen molar-refractivity contribution < 1.29 is 8.42 Å². The van der Waals surface area contributed by atoms with Crippen LogP contribution in [-0.2, 0) is 16.4 Å². The summed E-state index contributed by atoms with van der Waals surface area (Å²) >= 11 is 0. The van der Waals surface area contributed by atoms with Gasteiger partial charge in [0.15, 0.2) is 0 Å². The van der Waals surface area contributed by atoms with Crippen LogP contribution in [0.25, 0.3) is 0 Å². The summed E-state index contributed by atoms with van der Waals surface area (Å²) in [7, 11) is -3.15. The van der Waals surface area contributed by atoms with E-state index < -0.39 is 10.0 Å². The molecule has 0 aromatic heterocycles. The highest BCUT2D eigenvalue weighted by Crippen LogP contribution is 2.01. The van der Waals surface area contributed by atoms with Crippen molar-refractivity contribution in [1.29, 1.82) is 0 Å². The van der Waals surface area contributed by atoms with Crippen LogP contribution in [0.3, 0.4) is 0 Å². The summed E-state index contributed by atoms with van der Waals surface area (Å²) < 4.78 is 26.0. The number of benzene rings is 1. The van der Waals surface area contributed by atoms with Crippen LogP contribution >= 0.6 is 0 Å². The Morgan fingerprint density at radius 2 is 1.78 bits per heavy atom. The first kappa shape index (κ1) is 15.1. The number of aryl methyl sites for hydroxylation is 1. The van der Waals surface area contributed by atoms with E-state index >= 15 is 0 Å². The predicted molar refractivity (Wildman–Crippen MR) is 74.8 cm³/mol. The van der Waals surface area contributed by atoms with Gasteiger partial charge in [0.2, 0.25) is 10.0 Å². The van der Waals surface area contributed by atoms with Crippen LogP contribution in [0.4, 0.5) is 0 Å². The molecule has 0 bridgehead atoms. The van der Waals surface area contributed by atoms with E-state index in [2.05, 4.69) is 4.72 Å². The van der Waals surface area contributed by atoms with E-state index in [0.717, 1.165) is 24.8 Å². The molecule has 18 heavy (non-hydrogen) atoms. The van der Waals surface area contributed by atoms with E-state index in [4.69, 9.17) is 5.73 Å². The standard InChI is InChI=1S/C13H22N2O2S/c14-10-5-2-6-11-15-18(16,17)12-9-13-7-3-1-4-8-13/h1,3-4,7-8,15H,2,5-6,9-12,14H2. The highest BCUT2D eigenvalue weighted by atomic mass is 32.2. The molecule has 102 valence electrons. The SMILES string of the molecule is NCCCCCNS(=O)(=O)CCc1ccccc1. The summed E-state index contributed by atoms with van der Waals surface area (Å²) in [5, 5.41) is 0. The van der Waals surface area contributed by atoms with Gasteiger partial charge in [-0.3, -0.25) is 0 Å². The number of nitrogens with one attached hydrogen (secondary N) is 1. The van der Waals surface area contributed by atoms with Crippen LogP contribution in [0.15, 0.2) is 30.3 Å². The smallest absolute Gasteiger partial charge is 0.211 e. The Bertz CT molecular complexity index is 418. The lowest BCUT2D eigenvalue weighted by Crippen LogP contribution is -2.28. The van der Waals surface area contributed by atoms with Gasteiger partial charge >= 0.3 is 0 Å². The summed E-state index contributed by atoms with van der Waals surface area (Å²) in [5.41, 5.74) is 6.42. The zero-order chi connectivity index (χ0) is 13.3. The molecular weight excluding hydrogens is 248 g/mol. The minimum atomic E-state index is -3.15. The highest BCUT2D eigenvalue weighted by Gasteiger charge is 2.09. The van der Waals surface area contributed by atoms with Gasteiger partial charge in [0.25, 0.3) is 0 Å². The quantitative estimate of drug-likeness (QED) is 0.664. The molecular formula is C13H22N2O2S. The van der Waals surface area contributed by atoms with Crippen molar-refractivity contribution >= 4 is 10.0 Å². The fourth-order valence-corrected chi connectivity index (χ4v) is 2.75. The minimum absolute atomic E-state index is 0.147. The molecule has 3 N–H and O–H groups in total. The van der Waals surface area contributed by atoms with Crippen molar-refractivity contribution in [2.75, 3.05) is 18.8 Å². The van der Waals surface area contributed by atoms with E-state index in [1.807, 2.05) is 30.3 Å².